The van der Waals surface area contributed by atoms with Gasteiger partial charge in [0, 0.05) is 39.4 Å². The molecule has 2 aromatic rings. The molecule has 3 aliphatic carbocycles. The van der Waals surface area contributed by atoms with Crippen molar-refractivity contribution < 1.29 is 86.4 Å². The highest BCUT2D eigenvalue weighted by atomic mass is 16.6. The minimum absolute atomic E-state index is 0.0692. The zero-order chi connectivity index (χ0) is 50.1. The van der Waals surface area contributed by atoms with E-state index in [1.165, 1.54) is 33.3 Å². The Labute approximate surface area is 394 Å². The van der Waals surface area contributed by atoms with Crippen molar-refractivity contribution in [1.82, 2.24) is 5.32 Å². The topological polar surface area (TPSA) is 255 Å². The number of ketones is 1. The second kappa shape index (κ2) is 19.7. The van der Waals surface area contributed by atoms with Gasteiger partial charge in [0.2, 0.25) is 6.10 Å². The Balaban J connectivity index is 1.55. The number of Topliss-reactive ketones (excluding diaryl/α,β-unsaturated/α-hetero) is 1. The van der Waals surface area contributed by atoms with E-state index in [0.717, 1.165) is 0 Å². The molecule has 6 rings (SSSR count). The Bertz CT molecular complexity index is 2290. The molecule has 1 unspecified atom stereocenters. The molecule has 68 heavy (non-hydrogen) atoms. The van der Waals surface area contributed by atoms with E-state index >= 15 is 4.79 Å². The normalized spacial score (nSPS) is 30.3. The molecule has 19 heteroatoms. The largest absolute Gasteiger partial charge is 0.480 e. The minimum atomic E-state index is -2.34. The van der Waals surface area contributed by atoms with Crippen LogP contribution in [-0.2, 0) is 66.6 Å². The Kier molecular flexibility index (Phi) is 15.0. The zero-order valence-electron chi connectivity index (χ0n) is 39.9. The summed E-state index contributed by atoms with van der Waals surface area (Å²) in [6.07, 6.45) is -10.1. The second-order valence-electron chi connectivity index (χ2n) is 19.3. The standard InChI is InChI=1S/C49H61NO18/c1-26-30(64-43(57)38(65-34(54)24-62-23-33(52)53)36(28-17-13-11-14-18-28)50-44(58)68-45(3,4)5)22-49(59)41(66-42(56)29-19-15-12-16-20-29)39-47(8,40(55)37(61-10)35(26)46(49,6)7)31(60-9)21-32-48(39,25-63-32)67-27(2)51/h11-20,30-32,36-39,41,59H,21-25H2,1-10H3,(H,50,58)(H,52,53)/t30-,31-,32+,36-,37+,38+,39-,41-,47?,48-,49+/m0/s1. The molecule has 0 spiro atoms. The first kappa shape index (κ1) is 51.7. The lowest BCUT2D eigenvalue weighted by molar-refractivity contribution is -0.347. The third-order valence-electron chi connectivity index (χ3n) is 13.7. The molecule has 2 saturated carbocycles. The van der Waals surface area contributed by atoms with Gasteiger partial charge >= 0.3 is 35.9 Å². The number of alkyl carbamates (subject to hydrolysis) is 1. The van der Waals surface area contributed by atoms with Gasteiger partial charge in [0.25, 0.3) is 0 Å². The number of aliphatic carboxylic acids is 1. The van der Waals surface area contributed by atoms with Crippen molar-refractivity contribution >= 4 is 41.7 Å². The number of amides is 1. The lowest BCUT2D eigenvalue weighted by atomic mass is 9.44. The van der Waals surface area contributed by atoms with Crippen molar-refractivity contribution in [2.45, 2.75) is 128 Å². The molecule has 11 atom stereocenters. The summed E-state index contributed by atoms with van der Waals surface area (Å²) in [6, 6.07) is 14.4. The van der Waals surface area contributed by atoms with E-state index in [1.54, 1.807) is 97.0 Å². The van der Waals surface area contributed by atoms with Gasteiger partial charge in [-0.2, -0.15) is 0 Å². The van der Waals surface area contributed by atoms with Crippen LogP contribution >= 0.6 is 0 Å². The number of ether oxygens (including phenoxy) is 9. The Morgan fingerprint density at radius 2 is 1.54 bits per heavy atom. The summed E-state index contributed by atoms with van der Waals surface area (Å²) in [5, 5.41) is 25.6. The summed E-state index contributed by atoms with van der Waals surface area (Å²) in [5.74, 6) is -7.47. The number of carboxylic acid groups (broad SMARTS) is 1. The summed E-state index contributed by atoms with van der Waals surface area (Å²) in [7, 11) is 2.71. The van der Waals surface area contributed by atoms with Crippen LogP contribution in [0, 0.1) is 16.7 Å². The van der Waals surface area contributed by atoms with Crippen LogP contribution in [0.3, 0.4) is 0 Å². The average Bonchev–Trinajstić information content (AvgIpc) is 3.26. The zero-order valence-corrected chi connectivity index (χ0v) is 39.9. The fourth-order valence-corrected chi connectivity index (χ4v) is 10.6. The molecule has 370 valence electrons. The highest BCUT2D eigenvalue weighted by Gasteiger charge is 2.78. The molecule has 1 aliphatic heterocycles. The van der Waals surface area contributed by atoms with E-state index in [9.17, 15) is 33.9 Å². The number of methoxy groups -OCH3 is 2. The molecule has 0 aromatic heterocycles. The predicted molar refractivity (Wildman–Crippen MR) is 236 cm³/mol. The number of hydrogen-bond donors (Lipinski definition) is 3. The van der Waals surface area contributed by atoms with Crippen molar-refractivity contribution in [2.75, 3.05) is 34.0 Å². The predicted octanol–water partition coefficient (Wildman–Crippen LogP) is 4.22. The van der Waals surface area contributed by atoms with Gasteiger partial charge in [0.15, 0.2) is 11.4 Å². The van der Waals surface area contributed by atoms with Crippen LogP contribution in [0.5, 0.6) is 0 Å². The number of esters is 4. The van der Waals surface area contributed by atoms with Crippen LogP contribution in [0.15, 0.2) is 71.8 Å². The maximum atomic E-state index is 15.7. The maximum Gasteiger partial charge on any atom is 0.408 e. The number of carboxylic acids is 1. The van der Waals surface area contributed by atoms with E-state index < -0.39 is 138 Å². The summed E-state index contributed by atoms with van der Waals surface area (Å²) in [4.78, 5) is 96.3. The maximum absolute atomic E-state index is 15.7. The van der Waals surface area contributed by atoms with Gasteiger partial charge in [-0.05, 0) is 63.5 Å². The fraction of sp³-hybridized carbons (Fsp3) is 0.571. The highest BCUT2D eigenvalue weighted by molar-refractivity contribution is 5.94. The summed E-state index contributed by atoms with van der Waals surface area (Å²) in [6.45, 7) is 10.4. The molecule has 2 bridgehead atoms. The van der Waals surface area contributed by atoms with Crippen molar-refractivity contribution in [2.24, 2.45) is 16.7 Å². The van der Waals surface area contributed by atoms with Crippen LogP contribution < -0.4 is 5.32 Å². The number of carbonyl (C=O) groups excluding carboxylic acids is 6. The molecule has 0 radical (unpaired) electrons. The van der Waals surface area contributed by atoms with Crippen molar-refractivity contribution in [3.8, 4) is 0 Å². The van der Waals surface area contributed by atoms with Crippen molar-refractivity contribution in [1.29, 1.82) is 0 Å². The van der Waals surface area contributed by atoms with Gasteiger partial charge in [0.1, 0.15) is 54.9 Å². The van der Waals surface area contributed by atoms with Gasteiger partial charge in [-0.1, -0.05) is 62.4 Å². The third kappa shape index (κ3) is 9.63. The van der Waals surface area contributed by atoms with Crippen LogP contribution in [0.4, 0.5) is 4.79 Å². The number of rotatable bonds is 15. The highest BCUT2D eigenvalue weighted by Crippen LogP contribution is 2.65. The molecule has 1 saturated heterocycles. The number of benzene rings is 2. The first-order valence-corrected chi connectivity index (χ1v) is 22.2. The fourth-order valence-electron chi connectivity index (χ4n) is 10.6. The molecule has 1 amide bonds. The lowest BCUT2D eigenvalue weighted by Gasteiger charge is -2.67. The van der Waals surface area contributed by atoms with Crippen LogP contribution in [0.2, 0.25) is 0 Å². The van der Waals surface area contributed by atoms with Crippen molar-refractivity contribution in [3.05, 3.63) is 82.9 Å². The number of fused-ring (bicyclic) bond motifs is 5. The number of carbonyl (C=O) groups is 7. The monoisotopic (exact) mass is 951 g/mol. The molecular formula is C49H61NO18. The lowest BCUT2D eigenvalue weighted by Crippen LogP contribution is -2.82. The van der Waals surface area contributed by atoms with Gasteiger partial charge in [-0.25, -0.2) is 24.0 Å². The average molecular weight is 952 g/mol. The van der Waals surface area contributed by atoms with E-state index in [2.05, 4.69) is 5.32 Å². The number of aliphatic hydroxyl groups is 1. The SMILES string of the molecule is CO[C@H]1C(=O)C2(C)[C@@H](OC)C[C@H]3OC[C@@]3(OC(C)=O)[C@H]2[C@H](OC(=O)c2ccccc2)[C@]2(O)C[C@H](OC(=O)[C@H](OC(=O)COCC(=O)O)[C@@H](NC(=O)OC(C)(C)C)c3ccccc3)C(C)=C1C2(C)C. The molecule has 19 nitrogen and oxygen atoms in total. The van der Waals surface area contributed by atoms with Crippen LogP contribution in [0.1, 0.15) is 90.2 Å². The summed E-state index contributed by atoms with van der Waals surface area (Å²) >= 11 is 0. The quantitative estimate of drug-likeness (QED) is 0.128. The van der Waals surface area contributed by atoms with E-state index in [-0.39, 0.29) is 35.3 Å². The van der Waals surface area contributed by atoms with Gasteiger partial charge in [0.05, 0.1) is 29.6 Å². The molecule has 3 fully saturated rings. The van der Waals surface area contributed by atoms with Gasteiger partial charge in [-0.15, -0.1) is 0 Å². The van der Waals surface area contributed by atoms with E-state index in [4.69, 9.17) is 47.7 Å². The van der Waals surface area contributed by atoms with E-state index in [0.29, 0.717) is 0 Å². The second-order valence-corrected chi connectivity index (χ2v) is 19.3. The molecule has 2 aromatic carbocycles. The first-order valence-electron chi connectivity index (χ1n) is 22.2. The van der Waals surface area contributed by atoms with Crippen LogP contribution in [-0.4, -0.2) is 139 Å². The molecular weight excluding hydrogens is 891 g/mol. The number of nitrogens with one attached hydrogen (secondary N) is 1. The minimum Gasteiger partial charge on any atom is -0.480 e. The molecule has 1 heterocycles. The molecule has 4 aliphatic rings. The Hall–Kier alpha value is -5.73. The smallest absolute Gasteiger partial charge is 0.408 e. The summed E-state index contributed by atoms with van der Waals surface area (Å²) in [5.41, 5.74) is -7.57. The van der Waals surface area contributed by atoms with Gasteiger partial charge in [-0.3, -0.25) is 9.59 Å². The van der Waals surface area contributed by atoms with Crippen molar-refractivity contribution in [3.63, 3.8) is 0 Å². The third-order valence-corrected chi connectivity index (χ3v) is 13.7. The summed E-state index contributed by atoms with van der Waals surface area (Å²) < 4.78 is 53.4. The molecule has 3 N–H and O–H groups in total. The number of hydrogen-bond acceptors (Lipinski definition) is 17. The first-order chi connectivity index (χ1) is 31.9. The van der Waals surface area contributed by atoms with E-state index in [1.807, 2.05) is 0 Å². The Morgan fingerprint density at radius 3 is 2.09 bits per heavy atom. The van der Waals surface area contributed by atoms with Gasteiger partial charge < -0.3 is 58.2 Å². The Morgan fingerprint density at radius 1 is 0.912 bits per heavy atom. The van der Waals surface area contributed by atoms with Crippen LogP contribution in [0.25, 0.3) is 0 Å².